The lowest BCUT2D eigenvalue weighted by molar-refractivity contribution is -0.134. The number of carbonyl (C=O) groups is 1. The molecular weight excluding hydrogens is 304 g/mol. The van der Waals surface area contributed by atoms with Crippen molar-refractivity contribution in [1.82, 2.24) is 0 Å². The lowest BCUT2D eigenvalue weighted by Gasteiger charge is -2.08. The van der Waals surface area contributed by atoms with Crippen LogP contribution in [0.3, 0.4) is 0 Å². The highest BCUT2D eigenvalue weighted by Crippen LogP contribution is 2.23. The number of rotatable bonds is 9. The van der Waals surface area contributed by atoms with Gasteiger partial charge in [0.25, 0.3) is 0 Å². The van der Waals surface area contributed by atoms with Gasteiger partial charge in [0.1, 0.15) is 5.75 Å². The fourth-order valence-corrected chi connectivity index (χ4v) is 2.43. The summed E-state index contributed by atoms with van der Waals surface area (Å²) >= 11 is 0. The first kappa shape index (κ1) is 18.0. The number of unbranched alkanes of at least 4 members (excludes halogenated alkanes) is 3. The third kappa shape index (κ3) is 5.70. The van der Waals surface area contributed by atoms with Gasteiger partial charge in [-0.3, -0.25) is 0 Å². The van der Waals surface area contributed by atoms with Gasteiger partial charge in [0.15, 0.2) is 0 Å². The molecule has 0 aliphatic carbocycles. The summed E-state index contributed by atoms with van der Waals surface area (Å²) in [5.74, 6) is 0.500. The van der Waals surface area contributed by atoms with Gasteiger partial charge in [0.05, 0.1) is 13.7 Å². The summed E-state index contributed by atoms with van der Waals surface area (Å²) in [4.78, 5) is 11.1. The number of hydrogen-bond acceptors (Lipinski definition) is 4. The first-order chi connectivity index (χ1) is 11.7. The predicted molar refractivity (Wildman–Crippen MR) is 96.0 cm³/mol. The van der Waals surface area contributed by atoms with Gasteiger partial charge in [-0.1, -0.05) is 24.6 Å². The molecule has 0 saturated carbocycles. The van der Waals surface area contributed by atoms with Crippen LogP contribution in [0.2, 0.25) is 0 Å². The fourth-order valence-electron chi connectivity index (χ4n) is 2.43. The molecule has 128 valence electrons. The van der Waals surface area contributed by atoms with Gasteiger partial charge in [-0.2, -0.15) is 0 Å². The Balaban J connectivity index is 1.94. The quantitative estimate of drug-likeness (QED) is 0.430. The van der Waals surface area contributed by atoms with Gasteiger partial charge in [0.2, 0.25) is 0 Å². The average molecular weight is 328 g/mol. The molecule has 0 spiro atoms. The second-order valence-electron chi connectivity index (χ2n) is 5.61. The number of hydrogen-bond donors (Lipinski definition) is 1. The Hall–Kier alpha value is -2.33. The van der Waals surface area contributed by atoms with E-state index in [1.807, 2.05) is 36.4 Å². The highest BCUT2D eigenvalue weighted by molar-refractivity contribution is 5.90. The molecule has 0 fully saturated rings. The van der Waals surface area contributed by atoms with E-state index < -0.39 is 0 Å². The molecule has 4 nitrogen and oxygen atoms in total. The lowest BCUT2D eigenvalue weighted by Crippen LogP contribution is -1.97. The van der Waals surface area contributed by atoms with Gasteiger partial charge in [-0.15, -0.1) is 0 Å². The molecule has 0 aliphatic heterocycles. The Bertz CT molecular complexity index is 691. The van der Waals surface area contributed by atoms with Gasteiger partial charge >= 0.3 is 5.97 Å². The van der Waals surface area contributed by atoms with Crippen molar-refractivity contribution in [2.75, 3.05) is 20.3 Å². The molecular formula is C20H24O4. The summed E-state index contributed by atoms with van der Waals surface area (Å²) in [6, 6.07) is 12.0. The largest absolute Gasteiger partial charge is 0.494 e. The first-order valence-electron chi connectivity index (χ1n) is 8.26. The van der Waals surface area contributed by atoms with Crippen molar-refractivity contribution in [3.05, 3.63) is 48.0 Å². The van der Waals surface area contributed by atoms with Crippen LogP contribution >= 0.6 is 0 Å². The summed E-state index contributed by atoms with van der Waals surface area (Å²) in [6.07, 6.45) is 7.12. The number of ether oxygens (including phenoxy) is 2. The summed E-state index contributed by atoms with van der Waals surface area (Å²) in [7, 11) is 1.36. The molecule has 0 saturated heterocycles. The summed E-state index contributed by atoms with van der Waals surface area (Å²) < 4.78 is 10.4. The molecule has 2 aromatic rings. The molecule has 1 N–H and O–H groups in total. The standard InChI is InChI=1S/C20H24O4/c1-23-20(22)11-7-16-6-8-18-15-19(10-9-17(18)14-16)24-13-5-3-2-4-12-21/h6-11,14-15,21H,2-5,12-13H2,1H3/b11-7+. The molecule has 4 heteroatoms. The monoisotopic (exact) mass is 328 g/mol. The molecule has 0 bridgehead atoms. The van der Waals surface area contributed by atoms with Gasteiger partial charge < -0.3 is 14.6 Å². The van der Waals surface area contributed by atoms with Crippen LogP contribution < -0.4 is 4.74 Å². The van der Waals surface area contributed by atoms with Crippen LogP contribution in [0.5, 0.6) is 5.75 Å². The third-order valence-corrected chi connectivity index (χ3v) is 3.77. The number of benzene rings is 2. The average Bonchev–Trinajstić information content (AvgIpc) is 2.62. The zero-order chi connectivity index (χ0) is 17.2. The fraction of sp³-hybridized carbons (Fsp3) is 0.350. The van der Waals surface area contributed by atoms with Crippen LogP contribution in [0.4, 0.5) is 0 Å². The smallest absolute Gasteiger partial charge is 0.330 e. The van der Waals surface area contributed by atoms with E-state index in [1.165, 1.54) is 13.2 Å². The van der Waals surface area contributed by atoms with E-state index in [9.17, 15) is 4.79 Å². The van der Waals surface area contributed by atoms with Crippen LogP contribution in [0, 0.1) is 0 Å². The molecule has 0 aliphatic rings. The molecule has 0 unspecified atom stereocenters. The van der Waals surface area contributed by atoms with Crippen molar-refractivity contribution < 1.29 is 19.4 Å². The minimum absolute atomic E-state index is 0.266. The lowest BCUT2D eigenvalue weighted by atomic mass is 10.1. The first-order valence-corrected chi connectivity index (χ1v) is 8.26. The number of esters is 1. The molecule has 0 aromatic heterocycles. The van der Waals surface area contributed by atoms with Crippen molar-refractivity contribution in [3.63, 3.8) is 0 Å². The SMILES string of the molecule is COC(=O)/C=C/c1ccc2cc(OCCCCCCO)ccc2c1. The van der Waals surface area contributed by atoms with Crippen molar-refractivity contribution in [2.24, 2.45) is 0 Å². The third-order valence-electron chi connectivity index (χ3n) is 3.77. The summed E-state index contributed by atoms with van der Waals surface area (Å²) in [5, 5.41) is 10.9. The van der Waals surface area contributed by atoms with E-state index in [4.69, 9.17) is 9.84 Å². The van der Waals surface area contributed by atoms with Crippen molar-refractivity contribution in [2.45, 2.75) is 25.7 Å². The van der Waals surface area contributed by atoms with Gasteiger partial charge in [-0.25, -0.2) is 4.79 Å². The van der Waals surface area contributed by atoms with E-state index in [2.05, 4.69) is 4.74 Å². The second kappa shape index (κ2) is 9.73. The van der Waals surface area contributed by atoms with E-state index in [1.54, 1.807) is 6.08 Å². The minimum atomic E-state index is -0.363. The molecule has 24 heavy (non-hydrogen) atoms. The Kier molecular flexibility index (Phi) is 7.30. The zero-order valence-electron chi connectivity index (χ0n) is 14.0. The second-order valence-corrected chi connectivity index (χ2v) is 5.61. The summed E-state index contributed by atoms with van der Waals surface area (Å²) in [5.41, 5.74) is 0.949. The molecule has 0 heterocycles. The molecule has 0 amide bonds. The predicted octanol–water partition coefficient (Wildman–Crippen LogP) is 3.96. The maximum absolute atomic E-state index is 11.1. The van der Waals surface area contributed by atoms with Crippen LogP contribution in [0.15, 0.2) is 42.5 Å². The maximum atomic E-state index is 11.1. The van der Waals surface area contributed by atoms with Crippen molar-refractivity contribution in [1.29, 1.82) is 0 Å². The molecule has 0 radical (unpaired) electrons. The Morgan fingerprint density at radius 2 is 1.79 bits per heavy atom. The highest BCUT2D eigenvalue weighted by Gasteiger charge is 2.00. The molecule has 0 atom stereocenters. The van der Waals surface area contributed by atoms with Gasteiger partial charge in [-0.05, 0) is 59.9 Å². The number of methoxy groups -OCH3 is 1. The molecule has 2 rings (SSSR count). The topological polar surface area (TPSA) is 55.8 Å². The van der Waals surface area contributed by atoms with Gasteiger partial charge in [0, 0.05) is 12.7 Å². The van der Waals surface area contributed by atoms with Crippen molar-refractivity contribution in [3.8, 4) is 5.75 Å². The Morgan fingerprint density at radius 1 is 1.04 bits per heavy atom. The van der Waals surface area contributed by atoms with E-state index in [-0.39, 0.29) is 12.6 Å². The highest BCUT2D eigenvalue weighted by atomic mass is 16.5. The zero-order valence-corrected chi connectivity index (χ0v) is 14.0. The minimum Gasteiger partial charge on any atom is -0.494 e. The Labute approximate surface area is 142 Å². The van der Waals surface area contributed by atoms with Crippen LogP contribution in [0.1, 0.15) is 31.2 Å². The van der Waals surface area contributed by atoms with E-state index >= 15 is 0 Å². The molecule has 2 aromatic carbocycles. The normalized spacial score (nSPS) is 11.1. The van der Waals surface area contributed by atoms with E-state index in [0.717, 1.165) is 47.8 Å². The van der Waals surface area contributed by atoms with Crippen LogP contribution in [0.25, 0.3) is 16.8 Å². The number of fused-ring (bicyclic) bond motifs is 1. The van der Waals surface area contributed by atoms with E-state index in [0.29, 0.717) is 6.61 Å². The number of aliphatic hydroxyl groups is 1. The summed E-state index contributed by atoms with van der Waals surface area (Å²) in [6.45, 7) is 0.958. The van der Waals surface area contributed by atoms with Crippen molar-refractivity contribution >= 4 is 22.8 Å². The Morgan fingerprint density at radius 3 is 2.58 bits per heavy atom. The van der Waals surface area contributed by atoms with Crippen LogP contribution in [-0.2, 0) is 9.53 Å². The number of carbonyl (C=O) groups excluding carboxylic acids is 1. The van der Waals surface area contributed by atoms with Crippen LogP contribution in [-0.4, -0.2) is 31.4 Å². The number of aliphatic hydroxyl groups excluding tert-OH is 1. The maximum Gasteiger partial charge on any atom is 0.330 e.